The summed E-state index contributed by atoms with van der Waals surface area (Å²) in [5, 5.41) is 0. The summed E-state index contributed by atoms with van der Waals surface area (Å²) in [6, 6.07) is 9.57. The number of carbonyl (C=O) groups is 1. The van der Waals surface area contributed by atoms with Crippen LogP contribution in [-0.4, -0.2) is 22.2 Å². The molecule has 0 saturated carbocycles. The van der Waals surface area contributed by atoms with Gasteiger partial charge < -0.3 is 9.30 Å². The summed E-state index contributed by atoms with van der Waals surface area (Å²) in [6.45, 7) is 10.1. The number of esters is 1. The van der Waals surface area contributed by atoms with Gasteiger partial charge in [0.25, 0.3) is 5.56 Å². The maximum atomic E-state index is 13.6. The molecule has 4 rings (SSSR count). The average molecular weight is 464 g/mol. The van der Waals surface area contributed by atoms with Gasteiger partial charge in [0, 0.05) is 18.4 Å². The van der Waals surface area contributed by atoms with Gasteiger partial charge in [-0.25, -0.2) is 9.79 Å². The number of fused-ring (bicyclic) bond motifs is 1. The van der Waals surface area contributed by atoms with Crippen LogP contribution in [0, 0.1) is 13.8 Å². The average Bonchev–Trinajstić information content (AvgIpc) is 3.22. The van der Waals surface area contributed by atoms with Crippen molar-refractivity contribution in [2.24, 2.45) is 12.0 Å². The summed E-state index contributed by atoms with van der Waals surface area (Å²) >= 11 is 1.34. The Morgan fingerprint density at radius 2 is 1.85 bits per heavy atom. The van der Waals surface area contributed by atoms with Crippen LogP contribution in [-0.2, 0) is 16.6 Å². The lowest BCUT2D eigenvalue weighted by Crippen LogP contribution is -2.39. The lowest BCUT2D eigenvalue weighted by molar-refractivity contribution is -0.136. The number of thiazole rings is 1. The molecule has 0 amide bonds. The minimum Gasteiger partial charge on any atom is -0.466 e. The number of nitrogens with zero attached hydrogens (tertiary/aromatic N) is 3. The molecule has 3 heterocycles. The second kappa shape index (κ2) is 8.63. The predicted molar refractivity (Wildman–Crippen MR) is 131 cm³/mol. The number of carbonyl (C=O) groups excluding carboxylic acids is 1. The van der Waals surface area contributed by atoms with Gasteiger partial charge in [-0.2, -0.15) is 0 Å². The summed E-state index contributed by atoms with van der Waals surface area (Å²) in [5.74, 6) is -0.0889. The highest BCUT2D eigenvalue weighted by Crippen LogP contribution is 2.31. The van der Waals surface area contributed by atoms with Crippen LogP contribution in [0.2, 0.25) is 0 Å². The Kier molecular flexibility index (Phi) is 6.01. The molecule has 0 N–H and O–H groups in total. The molecule has 0 aliphatic carbocycles. The number of hydrogen-bond donors (Lipinski definition) is 0. The van der Waals surface area contributed by atoms with E-state index in [2.05, 4.69) is 41.6 Å². The third kappa shape index (κ3) is 3.91. The number of methoxy groups -OCH3 is 1. The van der Waals surface area contributed by atoms with E-state index in [9.17, 15) is 9.59 Å². The van der Waals surface area contributed by atoms with Gasteiger partial charge in [0.15, 0.2) is 4.80 Å². The zero-order valence-corrected chi connectivity index (χ0v) is 20.9. The molecular weight excluding hydrogens is 434 g/mol. The Morgan fingerprint density at radius 1 is 1.18 bits per heavy atom. The fourth-order valence-corrected chi connectivity index (χ4v) is 5.28. The van der Waals surface area contributed by atoms with Gasteiger partial charge in [0.05, 0.1) is 29.0 Å². The first-order valence-electron chi connectivity index (χ1n) is 11.0. The van der Waals surface area contributed by atoms with Crippen LogP contribution < -0.4 is 14.9 Å². The second-order valence-electron chi connectivity index (χ2n) is 8.78. The number of hydrogen-bond acceptors (Lipinski definition) is 5. The first-order valence-corrected chi connectivity index (χ1v) is 11.8. The predicted octanol–water partition coefficient (Wildman–Crippen LogP) is 3.49. The van der Waals surface area contributed by atoms with Crippen molar-refractivity contribution < 1.29 is 9.53 Å². The van der Waals surface area contributed by atoms with Crippen molar-refractivity contribution in [1.82, 2.24) is 9.13 Å². The Morgan fingerprint density at radius 3 is 2.39 bits per heavy atom. The van der Waals surface area contributed by atoms with Crippen molar-refractivity contribution in [3.05, 3.63) is 89.4 Å². The topological polar surface area (TPSA) is 65.6 Å². The van der Waals surface area contributed by atoms with E-state index in [1.807, 2.05) is 39.1 Å². The van der Waals surface area contributed by atoms with Gasteiger partial charge in [-0.1, -0.05) is 49.4 Å². The molecule has 0 saturated heterocycles. The number of rotatable bonds is 4. The maximum absolute atomic E-state index is 13.6. The number of aryl methyl sites for hydroxylation is 1. The van der Waals surface area contributed by atoms with Crippen molar-refractivity contribution in [1.29, 1.82) is 0 Å². The van der Waals surface area contributed by atoms with Crippen LogP contribution in [0.5, 0.6) is 0 Å². The van der Waals surface area contributed by atoms with Crippen molar-refractivity contribution >= 4 is 23.4 Å². The molecule has 0 fully saturated rings. The smallest absolute Gasteiger partial charge is 0.338 e. The molecular formula is C26H29N3O3S. The van der Waals surface area contributed by atoms with Crippen LogP contribution in [0.3, 0.4) is 0 Å². The van der Waals surface area contributed by atoms with Gasteiger partial charge in [-0.3, -0.25) is 9.36 Å². The molecule has 0 radical (unpaired) electrons. The molecule has 1 aliphatic heterocycles. The van der Waals surface area contributed by atoms with E-state index < -0.39 is 12.0 Å². The lowest BCUT2D eigenvalue weighted by Gasteiger charge is -2.24. The van der Waals surface area contributed by atoms with Gasteiger partial charge in [-0.05, 0) is 55.5 Å². The van der Waals surface area contributed by atoms with Crippen LogP contribution in [0.25, 0.3) is 6.08 Å². The summed E-state index contributed by atoms with van der Waals surface area (Å²) < 4.78 is 9.40. The minimum atomic E-state index is -0.587. The molecule has 1 aliphatic rings. The Balaban J connectivity index is 1.96. The number of ether oxygens (including phenoxy) is 1. The molecule has 1 aromatic carbocycles. The van der Waals surface area contributed by atoms with E-state index in [-0.39, 0.29) is 5.56 Å². The monoisotopic (exact) mass is 463 g/mol. The number of benzene rings is 1. The molecule has 172 valence electrons. The van der Waals surface area contributed by atoms with Crippen molar-refractivity contribution in [3.8, 4) is 0 Å². The minimum absolute atomic E-state index is 0.161. The maximum Gasteiger partial charge on any atom is 0.338 e. The summed E-state index contributed by atoms with van der Waals surface area (Å²) in [4.78, 5) is 31.6. The Hall–Kier alpha value is -3.19. The molecule has 0 spiro atoms. The third-order valence-electron chi connectivity index (χ3n) is 6.45. The van der Waals surface area contributed by atoms with Gasteiger partial charge in [0.1, 0.15) is 0 Å². The summed E-state index contributed by atoms with van der Waals surface area (Å²) in [5.41, 5.74) is 6.06. The Bertz CT molecular complexity index is 1450. The first-order chi connectivity index (χ1) is 15.6. The van der Waals surface area contributed by atoms with E-state index in [4.69, 9.17) is 4.74 Å². The van der Waals surface area contributed by atoms with Crippen LogP contribution >= 0.6 is 11.3 Å². The highest BCUT2D eigenvalue weighted by molar-refractivity contribution is 7.07. The van der Waals surface area contributed by atoms with Crippen molar-refractivity contribution in [2.45, 2.75) is 46.6 Å². The van der Waals surface area contributed by atoms with Crippen LogP contribution in [0.1, 0.15) is 60.8 Å². The van der Waals surface area contributed by atoms with E-state index in [0.717, 1.165) is 22.5 Å². The molecule has 7 heteroatoms. The molecule has 0 bridgehead atoms. The fraction of sp³-hybridized carbons (Fsp3) is 0.346. The standard InChI is InChI=1S/C26H29N3O3S/c1-14(2)18-8-10-19(11-9-18)23-22(25(31)32-7)16(4)27-26-29(23)24(30)21(33-26)13-20-12-15(3)28(6)17(20)5/h8-14,23H,1-7H3/b21-13-/t23-/m1/s1. The second-order valence-corrected chi connectivity index (χ2v) is 9.79. The summed E-state index contributed by atoms with van der Waals surface area (Å²) in [6.07, 6.45) is 1.92. The van der Waals surface area contributed by atoms with E-state index in [1.54, 1.807) is 11.5 Å². The quantitative estimate of drug-likeness (QED) is 0.557. The van der Waals surface area contributed by atoms with Crippen LogP contribution in [0.4, 0.5) is 0 Å². The molecule has 6 nitrogen and oxygen atoms in total. The molecule has 2 aromatic heterocycles. The highest BCUT2D eigenvalue weighted by Gasteiger charge is 2.33. The first kappa shape index (κ1) is 23.0. The molecule has 3 aromatic rings. The van der Waals surface area contributed by atoms with Crippen molar-refractivity contribution in [2.75, 3.05) is 7.11 Å². The van der Waals surface area contributed by atoms with E-state index in [0.29, 0.717) is 26.5 Å². The van der Waals surface area contributed by atoms with Gasteiger partial charge in [0.2, 0.25) is 0 Å². The molecule has 1 atom stereocenters. The molecule has 0 unspecified atom stereocenters. The number of allylic oxidation sites excluding steroid dienone is 1. The lowest BCUT2D eigenvalue weighted by atomic mass is 9.93. The SMILES string of the molecule is COC(=O)C1=C(C)N=c2s/c(=C\c3cc(C)n(C)c3C)c(=O)n2[C@@H]1c1ccc(C(C)C)cc1. The zero-order chi connectivity index (χ0) is 24.0. The normalized spacial score (nSPS) is 16.2. The third-order valence-corrected chi connectivity index (χ3v) is 7.43. The zero-order valence-electron chi connectivity index (χ0n) is 20.1. The van der Waals surface area contributed by atoms with Crippen molar-refractivity contribution in [3.63, 3.8) is 0 Å². The van der Waals surface area contributed by atoms with Gasteiger partial charge in [-0.15, -0.1) is 0 Å². The molecule has 33 heavy (non-hydrogen) atoms. The fourth-order valence-electron chi connectivity index (χ4n) is 4.24. The van der Waals surface area contributed by atoms with Crippen LogP contribution in [0.15, 0.2) is 51.4 Å². The largest absolute Gasteiger partial charge is 0.466 e. The van der Waals surface area contributed by atoms with Gasteiger partial charge >= 0.3 is 5.97 Å². The number of aromatic nitrogens is 2. The van der Waals surface area contributed by atoms with E-state index in [1.165, 1.54) is 24.0 Å². The van der Waals surface area contributed by atoms with E-state index >= 15 is 0 Å². The summed E-state index contributed by atoms with van der Waals surface area (Å²) in [7, 11) is 3.36. The Labute approximate surface area is 197 Å². The highest BCUT2D eigenvalue weighted by atomic mass is 32.1.